The van der Waals surface area contributed by atoms with Gasteiger partial charge in [0.2, 0.25) is 0 Å². The van der Waals surface area contributed by atoms with Gasteiger partial charge in [0.15, 0.2) is 0 Å². The molecule has 0 radical (unpaired) electrons. The first kappa shape index (κ1) is 16.6. The van der Waals surface area contributed by atoms with Crippen LogP contribution in [0.1, 0.15) is 47.6 Å². The second kappa shape index (κ2) is 7.12. The van der Waals surface area contributed by atoms with Crippen molar-refractivity contribution in [3.63, 3.8) is 0 Å². The SMILES string of the molecule is CN(C)Cc1cnc(C(O)(c2ccccc2)C2CCCCC2)s1. The van der Waals surface area contributed by atoms with Crippen molar-refractivity contribution in [2.24, 2.45) is 5.92 Å². The minimum absolute atomic E-state index is 0.261. The molecule has 0 aliphatic heterocycles. The summed E-state index contributed by atoms with van der Waals surface area (Å²) in [6, 6.07) is 10.1. The summed E-state index contributed by atoms with van der Waals surface area (Å²) in [4.78, 5) is 7.98. The first-order valence-corrected chi connectivity index (χ1v) is 9.30. The third-order valence-electron chi connectivity index (χ3n) is 4.76. The summed E-state index contributed by atoms with van der Waals surface area (Å²) in [6.07, 6.45) is 7.77. The average molecular weight is 330 g/mol. The van der Waals surface area contributed by atoms with E-state index in [4.69, 9.17) is 0 Å². The molecule has 1 aromatic heterocycles. The van der Waals surface area contributed by atoms with Gasteiger partial charge < -0.3 is 10.0 Å². The Labute approximate surface area is 143 Å². The van der Waals surface area contributed by atoms with E-state index in [0.717, 1.165) is 30.0 Å². The topological polar surface area (TPSA) is 36.4 Å². The van der Waals surface area contributed by atoms with E-state index in [1.54, 1.807) is 11.3 Å². The highest BCUT2D eigenvalue weighted by atomic mass is 32.1. The van der Waals surface area contributed by atoms with Gasteiger partial charge in [0.25, 0.3) is 0 Å². The molecular weight excluding hydrogens is 304 g/mol. The minimum atomic E-state index is -0.948. The predicted molar refractivity (Wildman–Crippen MR) is 95.5 cm³/mol. The molecule has 3 nitrogen and oxygen atoms in total. The quantitative estimate of drug-likeness (QED) is 0.899. The maximum absolute atomic E-state index is 11.8. The minimum Gasteiger partial charge on any atom is -0.378 e. The molecule has 1 aliphatic carbocycles. The summed E-state index contributed by atoms with van der Waals surface area (Å²) >= 11 is 1.65. The Morgan fingerprint density at radius 2 is 1.87 bits per heavy atom. The Balaban J connectivity index is 1.99. The molecule has 1 aliphatic rings. The van der Waals surface area contributed by atoms with Crippen LogP contribution in [0, 0.1) is 5.92 Å². The van der Waals surface area contributed by atoms with Gasteiger partial charge in [-0.2, -0.15) is 0 Å². The van der Waals surface area contributed by atoms with Crippen LogP contribution in [0.5, 0.6) is 0 Å². The first-order valence-electron chi connectivity index (χ1n) is 8.48. The lowest BCUT2D eigenvalue weighted by Gasteiger charge is -2.37. The number of aromatic nitrogens is 1. The Hall–Kier alpha value is -1.23. The van der Waals surface area contributed by atoms with Crippen LogP contribution in [0.4, 0.5) is 0 Å². The fraction of sp³-hybridized carbons (Fsp3) is 0.526. The lowest BCUT2D eigenvalue weighted by Crippen LogP contribution is -2.37. The molecule has 1 atom stereocenters. The van der Waals surface area contributed by atoms with Gasteiger partial charge in [-0.3, -0.25) is 0 Å². The number of aliphatic hydroxyl groups is 1. The Morgan fingerprint density at radius 3 is 2.52 bits per heavy atom. The molecule has 2 aromatic rings. The van der Waals surface area contributed by atoms with E-state index in [0.29, 0.717) is 0 Å². The molecule has 1 N–H and O–H groups in total. The molecule has 1 unspecified atom stereocenters. The molecular formula is C19H26N2OS. The number of hydrogen-bond donors (Lipinski definition) is 1. The molecule has 124 valence electrons. The largest absolute Gasteiger partial charge is 0.378 e. The van der Waals surface area contributed by atoms with E-state index >= 15 is 0 Å². The van der Waals surface area contributed by atoms with Crippen molar-refractivity contribution in [2.75, 3.05) is 14.1 Å². The predicted octanol–water partition coefficient (Wildman–Crippen LogP) is 4.02. The van der Waals surface area contributed by atoms with Crippen LogP contribution in [-0.2, 0) is 12.1 Å². The second-order valence-electron chi connectivity index (χ2n) is 6.84. The second-order valence-corrected chi connectivity index (χ2v) is 7.95. The lowest BCUT2D eigenvalue weighted by molar-refractivity contribution is -0.000883. The van der Waals surface area contributed by atoms with E-state index in [9.17, 15) is 5.11 Å². The number of benzene rings is 1. The molecule has 1 fully saturated rings. The smallest absolute Gasteiger partial charge is 0.144 e. The first-order chi connectivity index (χ1) is 11.1. The van der Waals surface area contributed by atoms with Gasteiger partial charge >= 0.3 is 0 Å². The monoisotopic (exact) mass is 330 g/mol. The van der Waals surface area contributed by atoms with Crippen molar-refractivity contribution >= 4 is 11.3 Å². The van der Waals surface area contributed by atoms with Crippen molar-refractivity contribution in [3.8, 4) is 0 Å². The van der Waals surface area contributed by atoms with Crippen LogP contribution in [0.3, 0.4) is 0 Å². The standard InChI is InChI=1S/C19H26N2OS/c1-21(2)14-17-13-20-18(23-17)19(22,15-9-5-3-6-10-15)16-11-7-4-8-12-16/h3,5-6,9-10,13,16,22H,4,7-8,11-12,14H2,1-2H3. The van der Waals surface area contributed by atoms with Gasteiger partial charge in [0.05, 0.1) is 0 Å². The molecule has 0 saturated heterocycles. The molecule has 1 aromatic carbocycles. The normalized spacial score (nSPS) is 19.0. The zero-order valence-electron chi connectivity index (χ0n) is 14.0. The summed E-state index contributed by atoms with van der Waals surface area (Å²) in [5.74, 6) is 0.261. The van der Waals surface area contributed by atoms with Crippen LogP contribution in [-0.4, -0.2) is 29.1 Å². The Bertz CT molecular complexity index is 619. The fourth-order valence-corrected chi connectivity index (χ4v) is 4.84. The number of thiazole rings is 1. The molecule has 0 bridgehead atoms. The van der Waals surface area contributed by atoms with Crippen molar-refractivity contribution in [1.29, 1.82) is 0 Å². The number of rotatable bonds is 5. The van der Waals surface area contributed by atoms with Crippen molar-refractivity contribution in [1.82, 2.24) is 9.88 Å². The van der Waals surface area contributed by atoms with Gasteiger partial charge in [-0.25, -0.2) is 4.98 Å². The van der Waals surface area contributed by atoms with Gasteiger partial charge in [-0.1, -0.05) is 49.6 Å². The van der Waals surface area contributed by atoms with E-state index in [-0.39, 0.29) is 5.92 Å². The summed E-state index contributed by atoms with van der Waals surface area (Å²) < 4.78 is 0. The van der Waals surface area contributed by atoms with Crippen LogP contribution >= 0.6 is 11.3 Å². The van der Waals surface area contributed by atoms with Crippen molar-refractivity contribution in [2.45, 2.75) is 44.2 Å². The van der Waals surface area contributed by atoms with E-state index in [1.807, 2.05) is 36.5 Å². The van der Waals surface area contributed by atoms with E-state index in [2.05, 4.69) is 24.0 Å². The molecule has 1 saturated carbocycles. The van der Waals surface area contributed by atoms with Crippen LogP contribution in [0.25, 0.3) is 0 Å². The van der Waals surface area contributed by atoms with E-state index in [1.165, 1.54) is 24.1 Å². The third kappa shape index (κ3) is 3.49. The zero-order chi connectivity index (χ0) is 16.3. The average Bonchev–Trinajstić information content (AvgIpc) is 3.04. The molecule has 23 heavy (non-hydrogen) atoms. The van der Waals surface area contributed by atoms with Crippen molar-refractivity contribution in [3.05, 3.63) is 52.0 Å². The maximum Gasteiger partial charge on any atom is 0.144 e. The molecule has 3 rings (SSSR count). The summed E-state index contributed by atoms with van der Waals surface area (Å²) in [6.45, 7) is 0.868. The lowest BCUT2D eigenvalue weighted by atomic mass is 9.73. The Morgan fingerprint density at radius 1 is 1.17 bits per heavy atom. The molecule has 0 amide bonds. The van der Waals surface area contributed by atoms with Gasteiger partial charge in [-0.05, 0) is 38.4 Å². The molecule has 1 heterocycles. The zero-order valence-corrected chi connectivity index (χ0v) is 14.9. The number of nitrogens with zero attached hydrogens (tertiary/aromatic N) is 2. The maximum atomic E-state index is 11.8. The van der Waals surface area contributed by atoms with E-state index < -0.39 is 5.60 Å². The highest BCUT2D eigenvalue weighted by Crippen LogP contribution is 2.45. The van der Waals surface area contributed by atoms with Crippen LogP contribution < -0.4 is 0 Å². The van der Waals surface area contributed by atoms with Crippen LogP contribution in [0.15, 0.2) is 36.5 Å². The fourth-order valence-electron chi connectivity index (χ4n) is 3.61. The van der Waals surface area contributed by atoms with Gasteiger partial charge in [-0.15, -0.1) is 11.3 Å². The highest BCUT2D eigenvalue weighted by Gasteiger charge is 2.42. The van der Waals surface area contributed by atoms with Crippen LogP contribution in [0.2, 0.25) is 0 Å². The van der Waals surface area contributed by atoms with Gasteiger partial charge in [0, 0.05) is 17.6 Å². The van der Waals surface area contributed by atoms with Gasteiger partial charge in [0.1, 0.15) is 10.6 Å². The summed E-state index contributed by atoms with van der Waals surface area (Å²) in [5, 5.41) is 12.6. The number of hydrogen-bond acceptors (Lipinski definition) is 4. The molecule has 0 spiro atoms. The Kier molecular flexibility index (Phi) is 5.14. The highest BCUT2D eigenvalue weighted by molar-refractivity contribution is 7.11. The third-order valence-corrected chi connectivity index (χ3v) is 5.87. The summed E-state index contributed by atoms with van der Waals surface area (Å²) in [7, 11) is 4.12. The van der Waals surface area contributed by atoms with Crippen molar-refractivity contribution < 1.29 is 5.11 Å². The molecule has 4 heteroatoms. The summed E-state index contributed by atoms with van der Waals surface area (Å²) in [5.41, 5.74) is 0.0364.